The van der Waals surface area contributed by atoms with Gasteiger partial charge in [-0.1, -0.05) is 42.5 Å². The van der Waals surface area contributed by atoms with Gasteiger partial charge < -0.3 is 20.9 Å². The van der Waals surface area contributed by atoms with E-state index in [1.165, 1.54) is 13.2 Å². The third-order valence-corrected chi connectivity index (χ3v) is 4.99. The molecule has 8 nitrogen and oxygen atoms in total. The molecule has 4 aromatic carbocycles. The molecule has 0 aromatic heterocycles. The fourth-order valence-electron chi connectivity index (χ4n) is 3.34. The molecule has 0 spiro atoms. The monoisotopic (exact) mass is 440 g/mol. The fourth-order valence-corrected chi connectivity index (χ4v) is 3.34. The summed E-state index contributed by atoms with van der Waals surface area (Å²) in [5.41, 5.74) is 6.83. The number of carbonyl (C=O) groups excluding carboxylic acids is 2. The number of nitrogens with two attached hydrogens (primary N) is 1. The second kappa shape index (κ2) is 9.19. The minimum Gasteiger partial charge on any atom is -0.505 e. The zero-order chi connectivity index (χ0) is 23.4. The van der Waals surface area contributed by atoms with Crippen molar-refractivity contribution in [2.24, 2.45) is 16.0 Å². The van der Waals surface area contributed by atoms with E-state index in [0.717, 1.165) is 0 Å². The van der Waals surface area contributed by atoms with Gasteiger partial charge in [-0.05, 0) is 41.8 Å². The van der Waals surface area contributed by atoms with Crippen molar-refractivity contribution in [3.63, 3.8) is 0 Å². The van der Waals surface area contributed by atoms with Crippen LogP contribution in [0.3, 0.4) is 0 Å². The average molecular weight is 440 g/mol. The zero-order valence-corrected chi connectivity index (χ0v) is 17.6. The summed E-state index contributed by atoms with van der Waals surface area (Å²) in [5.74, 6) is -1.13. The molecule has 33 heavy (non-hydrogen) atoms. The quantitative estimate of drug-likeness (QED) is 0.351. The number of anilines is 1. The minimum atomic E-state index is -0.777. The number of nitrogens with one attached hydrogen (secondary N) is 1. The molecular weight excluding hydrogens is 420 g/mol. The van der Waals surface area contributed by atoms with Crippen molar-refractivity contribution in [3.05, 3.63) is 90.0 Å². The number of fused-ring (bicyclic) bond motifs is 1. The van der Waals surface area contributed by atoms with E-state index in [0.29, 0.717) is 33.5 Å². The molecule has 0 bridgehead atoms. The van der Waals surface area contributed by atoms with Crippen LogP contribution >= 0.6 is 0 Å². The Morgan fingerprint density at radius 1 is 0.939 bits per heavy atom. The average Bonchev–Trinajstić information content (AvgIpc) is 2.83. The van der Waals surface area contributed by atoms with Crippen molar-refractivity contribution in [3.8, 4) is 11.5 Å². The molecule has 0 aliphatic heterocycles. The number of carbonyl (C=O) groups is 2. The van der Waals surface area contributed by atoms with Crippen LogP contribution in [0.4, 0.5) is 17.1 Å². The molecule has 0 aliphatic carbocycles. The third kappa shape index (κ3) is 4.49. The van der Waals surface area contributed by atoms with Gasteiger partial charge in [-0.3, -0.25) is 9.59 Å². The lowest BCUT2D eigenvalue weighted by molar-refractivity contribution is 0.0995. The van der Waals surface area contributed by atoms with E-state index >= 15 is 0 Å². The predicted octanol–water partition coefficient (Wildman–Crippen LogP) is 5.32. The second-order valence-corrected chi connectivity index (χ2v) is 7.11. The number of methoxy groups -OCH3 is 1. The largest absolute Gasteiger partial charge is 0.505 e. The van der Waals surface area contributed by atoms with Gasteiger partial charge in [-0.2, -0.15) is 0 Å². The number of hydrogen-bond donors (Lipinski definition) is 3. The van der Waals surface area contributed by atoms with E-state index in [2.05, 4.69) is 15.5 Å². The van der Waals surface area contributed by atoms with Crippen molar-refractivity contribution in [2.75, 3.05) is 12.4 Å². The number of nitrogens with zero attached hydrogens (tertiary/aromatic N) is 2. The van der Waals surface area contributed by atoms with Gasteiger partial charge in [0.25, 0.3) is 11.8 Å². The molecule has 0 unspecified atom stereocenters. The number of amides is 2. The Bertz CT molecular complexity index is 1380. The lowest BCUT2D eigenvalue weighted by atomic mass is 10.0. The van der Waals surface area contributed by atoms with Crippen LogP contribution in [-0.4, -0.2) is 24.0 Å². The van der Waals surface area contributed by atoms with Crippen LogP contribution in [0.15, 0.2) is 89.1 Å². The Morgan fingerprint density at radius 3 is 2.39 bits per heavy atom. The maximum atomic E-state index is 12.6. The topological polar surface area (TPSA) is 126 Å². The highest BCUT2D eigenvalue weighted by atomic mass is 16.5. The number of ether oxygens (including phenoxy) is 1. The third-order valence-electron chi connectivity index (χ3n) is 4.99. The zero-order valence-electron chi connectivity index (χ0n) is 17.6. The van der Waals surface area contributed by atoms with Gasteiger partial charge in [0.05, 0.1) is 12.7 Å². The van der Waals surface area contributed by atoms with Crippen LogP contribution in [0.1, 0.15) is 20.7 Å². The Kier molecular flexibility index (Phi) is 5.99. The van der Waals surface area contributed by atoms with Gasteiger partial charge in [0.2, 0.25) is 0 Å². The molecule has 0 fully saturated rings. The molecule has 0 atom stereocenters. The van der Waals surface area contributed by atoms with E-state index in [9.17, 15) is 14.7 Å². The SMILES string of the molecule is COc1cc(C(=O)Nc2ccccc2)ccc1N=Nc1c(O)c(C(N)=O)cc2ccccc12. The number of benzene rings is 4. The van der Waals surface area contributed by atoms with E-state index < -0.39 is 5.91 Å². The summed E-state index contributed by atoms with van der Waals surface area (Å²) in [6, 6.07) is 22.4. The van der Waals surface area contributed by atoms with Crippen LogP contribution in [0.2, 0.25) is 0 Å². The van der Waals surface area contributed by atoms with E-state index in [4.69, 9.17) is 10.5 Å². The van der Waals surface area contributed by atoms with Gasteiger partial charge in [0, 0.05) is 16.6 Å². The number of azo groups is 1. The molecule has 2 amide bonds. The highest BCUT2D eigenvalue weighted by Gasteiger charge is 2.17. The summed E-state index contributed by atoms with van der Waals surface area (Å²) in [4.78, 5) is 24.3. The second-order valence-electron chi connectivity index (χ2n) is 7.11. The summed E-state index contributed by atoms with van der Waals surface area (Å²) in [7, 11) is 1.45. The molecule has 4 rings (SSSR count). The smallest absolute Gasteiger partial charge is 0.255 e. The number of phenols is 1. The normalized spacial score (nSPS) is 10.9. The molecule has 4 N–H and O–H groups in total. The van der Waals surface area contributed by atoms with E-state index in [1.807, 2.05) is 18.2 Å². The van der Waals surface area contributed by atoms with Crippen molar-refractivity contribution in [2.45, 2.75) is 0 Å². The van der Waals surface area contributed by atoms with Crippen LogP contribution in [0, 0.1) is 0 Å². The van der Waals surface area contributed by atoms with Crippen molar-refractivity contribution in [1.29, 1.82) is 0 Å². The number of aromatic hydroxyl groups is 1. The summed E-state index contributed by atoms with van der Waals surface area (Å²) >= 11 is 0. The first-order valence-corrected chi connectivity index (χ1v) is 9.98. The molecular formula is C25H20N4O4. The number of para-hydroxylation sites is 1. The molecule has 8 heteroatoms. The maximum absolute atomic E-state index is 12.6. The van der Waals surface area contributed by atoms with Crippen molar-refractivity contribution >= 4 is 39.6 Å². The Balaban J connectivity index is 1.69. The van der Waals surface area contributed by atoms with Crippen molar-refractivity contribution in [1.82, 2.24) is 0 Å². The Labute approximate surface area is 189 Å². The lowest BCUT2D eigenvalue weighted by Gasteiger charge is -2.10. The van der Waals surface area contributed by atoms with Crippen molar-refractivity contribution < 1.29 is 19.4 Å². The summed E-state index contributed by atoms with van der Waals surface area (Å²) in [6.45, 7) is 0. The van der Waals surface area contributed by atoms with E-state index in [1.54, 1.807) is 54.6 Å². The number of rotatable bonds is 6. The number of primary amides is 1. The minimum absolute atomic E-state index is 0.0532. The molecule has 0 radical (unpaired) electrons. The van der Waals surface area contributed by atoms with Crippen LogP contribution in [-0.2, 0) is 0 Å². The first kappa shape index (κ1) is 21.5. The molecule has 0 heterocycles. The highest BCUT2D eigenvalue weighted by molar-refractivity contribution is 6.06. The molecule has 4 aromatic rings. The highest BCUT2D eigenvalue weighted by Crippen LogP contribution is 2.40. The number of hydrogen-bond acceptors (Lipinski definition) is 6. The Hall–Kier alpha value is -4.72. The first-order valence-electron chi connectivity index (χ1n) is 9.98. The van der Waals surface area contributed by atoms with Gasteiger partial charge >= 0.3 is 0 Å². The maximum Gasteiger partial charge on any atom is 0.255 e. The standard InChI is InChI=1S/C25H20N4O4/c1-33-21-14-16(25(32)27-17-8-3-2-4-9-17)11-12-20(21)28-29-22-18-10-6-5-7-15(18)13-19(23(22)30)24(26)31/h2-14,30H,1H3,(H2,26,31)(H,27,32). The summed E-state index contributed by atoms with van der Waals surface area (Å²) < 4.78 is 5.38. The fraction of sp³-hybridized carbons (Fsp3) is 0.0400. The summed E-state index contributed by atoms with van der Waals surface area (Å²) in [6.07, 6.45) is 0. The van der Waals surface area contributed by atoms with Crippen LogP contribution < -0.4 is 15.8 Å². The first-order chi connectivity index (χ1) is 16.0. The Morgan fingerprint density at radius 2 is 1.67 bits per heavy atom. The summed E-state index contributed by atoms with van der Waals surface area (Å²) in [5, 5.41) is 23.0. The molecule has 164 valence electrons. The van der Waals surface area contributed by atoms with Crippen LogP contribution in [0.25, 0.3) is 10.8 Å². The lowest BCUT2D eigenvalue weighted by Crippen LogP contribution is -2.11. The van der Waals surface area contributed by atoms with Gasteiger partial charge in [-0.15, -0.1) is 10.2 Å². The molecule has 0 aliphatic rings. The van der Waals surface area contributed by atoms with Crippen LogP contribution in [0.5, 0.6) is 11.5 Å². The predicted molar refractivity (Wildman–Crippen MR) is 126 cm³/mol. The van der Waals surface area contributed by atoms with Gasteiger partial charge in [0.15, 0.2) is 5.75 Å². The van der Waals surface area contributed by atoms with Gasteiger partial charge in [-0.25, -0.2) is 0 Å². The molecule has 0 saturated carbocycles. The van der Waals surface area contributed by atoms with E-state index in [-0.39, 0.29) is 22.9 Å². The molecule has 0 saturated heterocycles. The van der Waals surface area contributed by atoms with Gasteiger partial charge in [0.1, 0.15) is 17.1 Å².